The van der Waals surface area contributed by atoms with E-state index in [1.54, 1.807) is 0 Å². The fraction of sp³-hybridized carbons (Fsp3) is 0.419. The van der Waals surface area contributed by atoms with Gasteiger partial charge in [-0.15, -0.1) is 0 Å². The molecule has 1 aliphatic carbocycles. The number of nitrogens with zero attached hydrogens (tertiary/aromatic N) is 1. The van der Waals surface area contributed by atoms with Crippen LogP contribution >= 0.6 is 15.9 Å². The minimum absolute atomic E-state index is 0.119. The molecule has 1 aliphatic heterocycles. The zero-order valence-electron chi connectivity index (χ0n) is 22.1. The number of halogens is 1. The molecule has 3 nitrogen and oxygen atoms in total. The highest BCUT2D eigenvalue weighted by Gasteiger charge is 2.68. The lowest BCUT2D eigenvalue weighted by Crippen LogP contribution is -2.41. The first-order valence-electron chi connectivity index (χ1n) is 13.0. The average molecular weight is 546 g/mol. The Labute approximate surface area is 225 Å². The summed E-state index contributed by atoms with van der Waals surface area (Å²) in [5.74, 6) is 0. The quantitative estimate of drug-likeness (QED) is 0.267. The van der Waals surface area contributed by atoms with Crippen LogP contribution in [0.2, 0.25) is 5.31 Å². The molecule has 36 heavy (non-hydrogen) atoms. The lowest BCUT2D eigenvalue weighted by Gasteiger charge is -2.39. The third kappa shape index (κ3) is 4.96. The Morgan fingerprint density at radius 1 is 0.806 bits per heavy atom. The molecule has 0 radical (unpaired) electrons. The Morgan fingerprint density at radius 3 is 1.75 bits per heavy atom. The molecular formula is C31H37BBrNO2. The highest BCUT2D eigenvalue weighted by Crippen LogP contribution is 2.69. The molecule has 0 N–H and O–H groups in total. The third-order valence-electron chi connectivity index (χ3n) is 8.37. The summed E-state index contributed by atoms with van der Waals surface area (Å²) in [5, 5.41) is -0.119. The Morgan fingerprint density at radius 2 is 1.31 bits per heavy atom. The van der Waals surface area contributed by atoms with Crippen LogP contribution in [-0.2, 0) is 22.4 Å². The summed E-state index contributed by atoms with van der Waals surface area (Å²) in [6, 6.07) is 28.5. The van der Waals surface area contributed by atoms with E-state index in [9.17, 15) is 0 Å². The molecule has 1 heterocycles. The van der Waals surface area contributed by atoms with Crippen LogP contribution in [0.1, 0.15) is 68.8 Å². The maximum Gasteiger partial charge on any atom is 0.466 e. The summed E-state index contributed by atoms with van der Waals surface area (Å²) < 4.78 is 14.6. The number of hydrogen-bond acceptors (Lipinski definition) is 3. The molecule has 1 atom stereocenters. The van der Waals surface area contributed by atoms with Crippen LogP contribution in [0, 0.1) is 6.92 Å². The van der Waals surface area contributed by atoms with E-state index in [-0.39, 0.29) is 29.7 Å². The van der Waals surface area contributed by atoms with Gasteiger partial charge in [0, 0.05) is 28.9 Å². The van der Waals surface area contributed by atoms with Crippen LogP contribution in [0.25, 0.3) is 0 Å². The van der Waals surface area contributed by atoms with Gasteiger partial charge in [0.05, 0.1) is 11.2 Å². The predicted octanol–water partition coefficient (Wildman–Crippen LogP) is 8.13. The predicted molar refractivity (Wildman–Crippen MR) is 152 cm³/mol. The van der Waals surface area contributed by atoms with Gasteiger partial charge in [-0.25, -0.2) is 0 Å². The van der Waals surface area contributed by atoms with E-state index in [2.05, 4.69) is 134 Å². The van der Waals surface area contributed by atoms with Gasteiger partial charge in [-0.2, -0.15) is 0 Å². The molecule has 5 heteroatoms. The SMILES string of the molecule is Cc1ccc(C(N(Cc2ccccc2)Cc2ccccc2)C2(B3OC(C)(C)C(C)(C)O3)CC2)c(Br)c1. The number of benzene rings is 3. The van der Waals surface area contributed by atoms with Gasteiger partial charge in [-0.1, -0.05) is 88.7 Å². The van der Waals surface area contributed by atoms with Crippen LogP contribution in [0.4, 0.5) is 0 Å². The first-order valence-corrected chi connectivity index (χ1v) is 13.8. The summed E-state index contributed by atoms with van der Waals surface area (Å²) in [6.45, 7) is 12.5. The van der Waals surface area contributed by atoms with E-state index in [0.717, 1.165) is 30.4 Å². The van der Waals surface area contributed by atoms with Crippen LogP contribution in [-0.4, -0.2) is 23.2 Å². The lowest BCUT2D eigenvalue weighted by atomic mass is 9.61. The summed E-state index contributed by atoms with van der Waals surface area (Å²) in [5.41, 5.74) is 4.47. The maximum atomic E-state index is 6.74. The van der Waals surface area contributed by atoms with Crippen molar-refractivity contribution >= 4 is 23.0 Å². The molecule has 188 valence electrons. The molecule has 3 aromatic rings. The Bertz CT molecular complexity index is 1140. The van der Waals surface area contributed by atoms with Crippen LogP contribution in [0.5, 0.6) is 0 Å². The first kappa shape index (κ1) is 25.7. The van der Waals surface area contributed by atoms with Crippen molar-refractivity contribution in [3.05, 3.63) is 106 Å². The van der Waals surface area contributed by atoms with Crippen molar-refractivity contribution in [2.75, 3.05) is 0 Å². The topological polar surface area (TPSA) is 21.7 Å². The highest BCUT2D eigenvalue weighted by atomic mass is 79.9. The second-order valence-corrected chi connectivity index (χ2v) is 12.5. The van der Waals surface area contributed by atoms with Gasteiger partial charge in [0.2, 0.25) is 0 Å². The molecular weight excluding hydrogens is 509 g/mol. The highest BCUT2D eigenvalue weighted by molar-refractivity contribution is 9.10. The van der Waals surface area contributed by atoms with Crippen LogP contribution in [0.3, 0.4) is 0 Å². The lowest BCUT2D eigenvalue weighted by molar-refractivity contribution is 0.00578. The number of aryl methyl sites for hydroxylation is 1. The average Bonchev–Trinajstić information content (AvgIpc) is 3.59. The van der Waals surface area contributed by atoms with Crippen molar-refractivity contribution in [1.29, 1.82) is 0 Å². The van der Waals surface area contributed by atoms with Crippen molar-refractivity contribution in [2.24, 2.45) is 0 Å². The molecule has 1 unspecified atom stereocenters. The van der Waals surface area contributed by atoms with Gasteiger partial charge in [0.25, 0.3) is 0 Å². The summed E-state index contributed by atoms with van der Waals surface area (Å²) in [4.78, 5) is 2.64. The molecule has 2 aliphatic rings. The molecule has 3 aromatic carbocycles. The molecule has 1 saturated heterocycles. The van der Waals surface area contributed by atoms with Crippen LogP contribution < -0.4 is 0 Å². The van der Waals surface area contributed by atoms with E-state index < -0.39 is 0 Å². The Balaban J connectivity index is 1.61. The van der Waals surface area contributed by atoms with Gasteiger partial charge in [-0.05, 0) is 75.8 Å². The zero-order valence-corrected chi connectivity index (χ0v) is 23.7. The van der Waals surface area contributed by atoms with Crippen molar-refractivity contribution < 1.29 is 9.31 Å². The fourth-order valence-corrected chi connectivity index (χ4v) is 6.17. The monoisotopic (exact) mass is 545 g/mol. The maximum absolute atomic E-state index is 6.74. The van der Waals surface area contributed by atoms with E-state index in [0.29, 0.717) is 0 Å². The third-order valence-corrected chi connectivity index (χ3v) is 9.05. The standard InChI is InChI=1S/C31H37BBrNO2/c1-23-16-17-26(27(33)20-23)28(31(18-19-31)32-35-29(2,3)30(4,5)36-32)34(21-24-12-8-6-9-13-24)22-25-14-10-7-11-15-25/h6-17,20,28H,18-19,21-22H2,1-5H3. The van der Waals surface area contributed by atoms with Crippen LogP contribution in [0.15, 0.2) is 83.3 Å². The molecule has 0 bridgehead atoms. The van der Waals surface area contributed by atoms with Crippen molar-refractivity contribution in [3.63, 3.8) is 0 Å². The van der Waals surface area contributed by atoms with E-state index in [4.69, 9.17) is 9.31 Å². The number of hydrogen-bond donors (Lipinski definition) is 0. The summed E-state index contributed by atoms with van der Waals surface area (Å²) in [7, 11) is -0.255. The van der Waals surface area contributed by atoms with E-state index in [1.807, 2.05) is 0 Å². The molecule has 1 saturated carbocycles. The fourth-order valence-electron chi connectivity index (χ4n) is 5.46. The Kier molecular flexibility index (Phi) is 6.97. The van der Waals surface area contributed by atoms with Gasteiger partial charge in [-0.3, -0.25) is 4.90 Å². The van der Waals surface area contributed by atoms with E-state index in [1.165, 1.54) is 22.3 Å². The molecule has 0 spiro atoms. The van der Waals surface area contributed by atoms with Crippen molar-refractivity contribution in [2.45, 2.75) is 83.1 Å². The number of rotatable bonds is 8. The minimum atomic E-state index is -0.355. The summed E-state index contributed by atoms with van der Waals surface area (Å²) >= 11 is 3.95. The Hall–Kier alpha value is -1.92. The second-order valence-electron chi connectivity index (χ2n) is 11.6. The van der Waals surface area contributed by atoms with Crippen molar-refractivity contribution in [3.8, 4) is 0 Å². The largest absolute Gasteiger partial charge is 0.466 e. The second kappa shape index (κ2) is 9.76. The smallest absolute Gasteiger partial charge is 0.403 e. The molecule has 5 rings (SSSR count). The minimum Gasteiger partial charge on any atom is -0.403 e. The van der Waals surface area contributed by atoms with Gasteiger partial charge in [0.15, 0.2) is 0 Å². The van der Waals surface area contributed by atoms with Gasteiger partial charge >= 0.3 is 7.12 Å². The first-order chi connectivity index (χ1) is 17.1. The van der Waals surface area contributed by atoms with Crippen molar-refractivity contribution in [1.82, 2.24) is 4.90 Å². The molecule has 0 amide bonds. The molecule has 2 fully saturated rings. The molecule has 0 aromatic heterocycles. The van der Waals surface area contributed by atoms with Gasteiger partial charge < -0.3 is 9.31 Å². The normalized spacial score (nSPS) is 20.5. The van der Waals surface area contributed by atoms with E-state index >= 15 is 0 Å². The summed E-state index contributed by atoms with van der Waals surface area (Å²) in [6.07, 6.45) is 2.16. The zero-order chi connectivity index (χ0) is 25.6. The van der Waals surface area contributed by atoms with Gasteiger partial charge in [0.1, 0.15) is 0 Å².